The number of carbonyl (C=O) groups is 1. The molecule has 0 saturated carbocycles. The summed E-state index contributed by atoms with van der Waals surface area (Å²) in [6.45, 7) is 5.92. The van der Waals surface area contributed by atoms with Crippen LogP contribution >= 0.6 is 0 Å². The standard InChI is InChI=1S/C12H17N3O2/c1-12(2,3)17-10-6-4-5-9(7-10)8-14-15-11(13)16/h4-8H,1-3H3,(H3,13,15,16). The van der Waals surface area contributed by atoms with Crippen LogP contribution in [0.15, 0.2) is 29.4 Å². The van der Waals surface area contributed by atoms with Crippen molar-refractivity contribution >= 4 is 12.2 Å². The molecule has 1 aromatic rings. The molecule has 5 nitrogen and oxygen atoms in total. The molecule has 0 heterocycles. The van der Waals surface area contributed by atoms with Crippen molar-refractivity contribution in [3.8, 4) is 5.75 Å². The van der Waals surface area contributed by atoms with Gasteiger partial charge in [-0.1, -0.05) is 12.1 Å². The Morgan fingerprint density at radius 3 is 2.76 bits per heavy atom. The Balaban J connectivity index is 2.72. The van der Waals surface area contributed by atoms with Gasteiger partial charge in [-0.15, -0.1) is 0 Å². The number of hydrazone groups is 1. The second-order valence-corrected chi connectivity index (χ2v) is 4.52. The van der Waals surface area contributed by atoms with Gasteiger partial charge >= 0.3 is 6.03 Å². The van der Waals surface area contributed by atoms with Crippen molar-refractivity contribution in [2.24, 2.45) is 10.8 Å². The summed E-state index contributed by atoms with van der Waals surface area (Å²) >= 11 is 0. The highest BCUT2D eigenvalue weighted by Crippen LogP contribution is 2.18. The normalized spacial score (nSPS) is 11.5. The van der Waals surface area contributed by atoms with Crippen LogP contribution in [0.2, 0.25) is 0 Å². The molecule has 0 aliphatic carbocycles. The lowest BCUT2D eigenvalue weighted by molar-refractivity contribution is 0.131. The van der Waals surface area contributed by atoms with Gasteiger partial charge in [-0.3, -0.25) is 0 Å². The maximum atomic E-state index is 10.4. The van der Waals surface area contributed by atoms with E-state index in [2.05, 4.69) is 10.5 Å². The number of amides is 2. The molecule has 0 atom stereocenters. The molecule has 0 saturated heterocycles. The van der Waals surface area contributed by atoms with Crippen LogP contribution in [-0.2, 0) is 0 Å². The molecule has 0 radical (unpaired) electrons. The molecule has 17 heavy (non-hydrogen) atoms. The van der Waals surface area contributed by atoms with Gasteiger partial charge in [0.05, 0.1) is 6.21 Å². The number of primary amides is 1. The predicted octanol–water partition coefficient (Wildman–Crippen LogP) is 1.87. The number of nitrogens with one attached hydrogen (secondary N) is 1. The summed E-state index contributed by atoms with van der Waals surface area (Å²) in [5, 5.41) is 3.67. The van der Waals surface area contributed by atoms with Gasteiger partial charge < -0.3 is 10.5 Å². The van der Waals surface area contributed by atoms with Crippen LogP contribution < -0.4 is 15.9 Å². The zero-order valence-corrected chi connectivity index (χ0v) is 10.2. The van der Waals surface area contributed by atoms with Crippen LogP contribution in [0.4, 0.5) is 4.79 Å². The predicted molar refractivity (Wildman–Crippen MR) is 67.1 cm³/mol. The Morgan fingerprint density at radius 2 is 2.18 bits per heavy atom. The van der Waals surface area contributed by atoms with Crippen molar-refractivity contribution in [1.82, 2.24) is 5.43 Å². The number of hydrogen-bond acceptors (Lipinski definition) is 3. The van der Waals surface area contributed by atoms with Gasteiger partial charge in [-0.05, 0) is 38.5 Å². The molecule has 0 aliphatic rings. The average Bonchev–Trinajstić information content (AvgIpc) is 2.14. The topological polar surface area (TPSA) is 76.7 Å². The molecule has 0 fully saturated rings. The van der Waals surface area contributed by atoms with Crippen LogP contribution in [-0.4, -0.2) is 17.8 Å². The molecular weight excluding hydrogens is 218 g/mol. The van der Waals surface area contributed by atoms with Gasteiger partial charge in [0.15, 0.2) is 0 Å². The highest BCUT2D eigenvalue weighted by atomic mass is 16.5. The van der Waals surface area contributed by atoms with E-state index in [1.807, 2.05) is 45.0 Å². The lowest BCUT2D eigenvalue weighted by atomic mass is 10.2. The fourth-order valence-corrected chi connectivity index (χ4v) is 1.18. The highest BCUT2D eigenvalue weighted by molar-refractivity contribution is 5.81. The minimum absolute atomic E-state index is 0.249. The number of nitrogens with two attached hydrogens (primary N) is 1. The summed E-state index contributed by atoms with van der Waals surface area (Å²) in [5.41, 5.74) is 7.58. The third-order valence-electron chi connectivity index (χ3n) is 1.67. The van der Waals surface area contributed by atoms with Gasteiger partial charge in [0, 0.05) is 0 Å². The maximum Gasteiger partial charge on any atom is 0.332 e. The van der Waals surface area contributed by atoms with Gasteiger partial charge in [-0.25, -0.2) is 10.2 Å². The molecule has 0 bridgehead atoms. The van der Waals surface area contributed by atoms with Crippen molar-refractivity contribution in [1.29, 1.82) is 0 Å². The molecule has 3 N–H and O–H groups in total. The van der Waals surface area contributed by atoms with E-state index in [0.717, 1.165) is 11.3 Å². The first-order valence-electron chi connectivity index (χ1n) is 5.24. The van der Waals surface area contributed by atoms with E-state index in [-0.39, 0.29) is 5.60 Å². The van der Waals surface area contributed by atoms with Crippen LogP contribution in [0.3, 0.4) is 0 Å². The molecule has 5 heteroatoms. The molecule has 0 aliphatic heterocycles. The van der Waals surface area contributed by atoms with Crippen LogP contribution in [0.1, 0.15) is 26.3 Å². The molecule has 0 aromatic heterocycles. The maximum absolute atomic E-state index is 10.4. The number of nitrogens with zero attached hydrogens (tertiary/aromatic N) is 1. The Kier molecular flexibility index (Phi) is 4.09. The Labute approximate surface area is 101 Å². The van der Waals surface area contributed by atoms with Gasteiger partial charge in [0.1, 0.15) is 11.4 Å². The number of benzene rings is 1. The summed E-state index contributed by atoms with van der Waals surface area (Å²) in [7, 11) is 0. The molecule has 1 aromatic carbocycles. The monoisotopic (exact) mass is 235 g/mol. The number of carbonyl (C=O) groups excluding carboxylic acids is 1. The zero-order valence-electron chi connectivity index (χ0n) is 10.2. The largest absolute Gasteiger partial charge is 0.488 e. The minimum Gasteiger partial charge on any atom is -0.488 e. The van der Waals surface area contributed by atoms with Gasteiger partial charge in [0.25, 0.3) is 0 Å². The Bertz CT molecular complexity index is 422. The van der Waals surface area contributed by atoms with Crippen molar-refractivity contribution in [3.05, 3.63) is 29.8 Å². The summed E-state index contributed by atoms with van der Waals surface area (Å²) in [6, 6.07) is 6.71. The molecule has 0 unspecified atom stereocenters. The van der Waals surface area contributed by atoms with Crippen LogP contribution in [0, 0.1) is 0 Å². The van der Waals surface area contributed by atoms with Crippen molar-refractivity contribution in [2.75, 3.05) is 0 Å². The third kappa shape index (κ3) is 5.55. The minimum atomic E-state index is -0.691. The highest BCUT2D eigenvalue weighted by Gasteiger charge is 2.11. The van der Waals surface area contributed by atoms with E-state index < -0.39 is 6.03 Å². The van der Waals surface area contributed by atoms with Crippen molar-refractivity contribution < 1.29 is 9.53 Å². The number of urea groups is 1. The summed E-state index contributed by atoms with van der Waals surface area (Å²) in [6.07, 6.45) is 1.50. The van der Waals surface area contributed by atoms with E-state index in [1.54, 1.807) is 0 Å². The Morgan fingerprint density at radius 1 is 1.47 bits per heavy atom. The fraction of sp³-hybridized carbons (Fsp3) is 0.333. The van der Waals surface area contributed by atoms with E-state index in [4.69, 9.17) is 10.5 Å². The Hall–Kier alpha value is -2.04. The lowest BCUT2D eigenvalue weighted by Crippen LogP contribution is -2.24. The number of hydrogen-bond donors (Lipinski definition) is 2. The SMILES string of the molecule is CC(C)(C)Oc1cccc(C=NNC(N)=O)c1. The molecule has 0 spiro atoms. The average molecular weight is 235 g/mol. The molecular formula is C12H17N3O2. The second kappa shape index (κ2) is 5.34. The second-order valence-electron chi connectivity index (χ2n) is 4.52. The number of ether oxygens (including phenoxy) is 1. The van der Waals surface area contributed by atoms with Gasteiger partial charge in [-0.2, -0.15) is 5.10 Å². The molecule has 2 amide bonds. The van der Waals surface area contributed by atoms with E-state index in [9.17, 15) is 4.79 Å². The fourth-order valence-electron chi connectivity index (χ4n) is 1.18. The quantitative estimate of drug-likeness (QED) is 0.619. The van der Waals surface area contributed by atoms with Gasteiger partial charge in [0.2, 0.25) is 0 Å². The van der Waals surface area contributed by atoms with Crippen LogP contribution in [0.25, 0.3) is 0 Å². The first-order chi connectivity index (χ1) is 7.87. The summed E-state index contributed by atoms with van der Waals surface area (Å²) in [4.78, 5) is 10.4. The van der Waals surface area contributed by atoms with Crippen molar-refractivity contribution in [3.63, 3.8) is 0 Å². The van der Waals surface area contributed by atoms with Crippen LogP contribution in [0.5, 0.6) is 5.75 Å². The van der Waals surface area contributed by atoms with E-state index in [0.29, 0.717) is 0 Å². The first-order valence-corrected chi connectivity index (χ1v) is 5.24. The third-order valence-corrected chi connectivity index (χ3v) is 1.67. The number of rotatable bonds is 3. The summed E-state index contributed by atoms with van der Waals surface area (Å²) in [5.74, 6) is 0.750. The molecule has 92 valence electrons. The summed E-state index contributed by atoms with van der Waals surface area (Å²) < 4.78 is 5.70. The molecule has 1 rings (SSSR count). The van der Waals surface area contributed by atoms with Crippen molar-refractivity contribution in [2.45, 2.75) is 26.4 Å². The van der Waals surface area contributed by atoms with E-state index in [1.165, 1.54) is 6.21 Å². The lowest BCUT2D eigenvalue weighted by Gasteiger charge is -2.21. The zero-order chi connectivity index (χ0) is 12.9. The van der Waals surface area contributed by atoms with E-state index >= 15 is 0 Å². The smallest absolute Gasteiger partial charge is 0.332 e. The first kappa shape index (κ1) is 13.0.